The van der Waals surface area contributed by atoms with Gasteiger partial charge in [-0.2, -0.15) is 5.10 Å². The number of aromatic nitrogens is 2. The largest absolute Gasteiger partial charge is 0.378 e. The number of rotatable bonds is 4. The van der Waals surface area contributed by atoms with Crippen LogP contribution >= 0.6 is 0 Å². The fourth-order valence-corrected chi connectivity index (χ4v) is 3.01. The topological polar surface area (TPSA) is 30.3 Å². The molecule has 2 heterocycles. The Hall–Kier alpha value is -1.91. The van der Waals surface area contributed by atoms with Crippen molar-refractivity contribution in [2.45, 2.75) is 13.0 Å². The quantitative estimate of drug-likeness (QED) is 0.869. The van der Waals surface area contributed by atoms with Crippen LogP contribution in [0.3, 0.4) is 0 Å². The molecule has 1 saturated heterocycles. The minimum absolute atomic E-state index is 0.278. The number of benzene rings is 1. The zero-order valence-corrected chi connectivity index (χ0v) is 13.3. The molecule has 2 aromatic rings. The summed E-state index contributed by atoms with van der Waals surface area (Å²) < 4.78 is 7.64. The monoisotopic (exact) mass is 297 g/mol. The van der Waals surface area contributed by atoms with E-state index in [4.69, 9.17) is 4.74 Å². The molecule has 0 saturated carbocycles. The molecular weight excluding hydrogens is 274 g/mol. The lowest BCUT2D eigenvalue weighted by Crippen LogP contribution is -2.41. The van der Waals surface area contributed by atoms with Crippen LogP contribution in [0.4, 0.5) is 0 Å². The summed E-state index contributed by atoms with van der Waals surface area (Å²) >= 11 is 0. The second-order valence-electron chi connectivity index (χ2n) is 5.84. The summed E-state index contributed by atoms with van der Waals surface area (Å²) in [5, 5.41) is 4.29. The van der Waals surface area contributed by atoms with Gasteiger partial charge < -0.3 is 4.74 Å². The summed E-state index contributed by atoms with van der Waals surface area (Å²) in [7, 11) is 1.99. The van der Waals surface area contributed by atoms with Crippen molar-refractivity contribution >= 4 is 6.08 Å². The first-order valence-corrected chi connectivity index (χ1v) is 7.76. The Kier molecular flexibility index (Phi) is 4.71. The fraction of sp³-hybridized carbons (Fsp3) is 0.389. The van der Waals surface area contributed by atoms with Gasteiger partial charge in [-0.1, -0.05) is 42.0 Å². The van der Waals surface area contributed by atoms with Crippen LogP contribution in [0, 0.1) is 0 Å². The lowest BCUT2D eigenvalue weighted by atomic mass is 10.1. The molecule has 1 unspecified atom stereocenters. The second-order valence-corrected chi connectivity index (χ2v) is 5.84. The highest BCUT2D eigenvalue weighted by Crippen LogP contribution is 2.24. The minimum atomic E-state index is 0.278. The molecule has 4 heteroatoms. The third-order valence-electron chi connectivity index (χ3n) is 4.10. The standard InChI is InChI=1S/C18H23N3O/c1-15(12-16-6-4-3-5-7-16)13-21-10-11-22-14-18(21)17-8-9-19-20(17)2/h3-9,12,18H,10-11,13-14H2,1-2H3/b15-12+. The van der Waals surface area contributed by atoms with Crippen LogP contribution in [-0.4, -0.2) is 41.0 Å². The molecule has 3 rings (SSSR count). The first kappa shape index (κ1) is 15.0. The molecule has 1 fully saturated rings. The van der Waals surface area contributed by atoms with Gasteiger partial charge in [0, 0.05) is 26.3 Å². The van der Waals surface area contributed by atoms with Crippen molar-refractivity contribution in [1.29, 1.82) is 0 Å². The van der Waals surface area contributed by atoms with Crippen LogP contribution in [0.1, 0.15) is 24.2 Å². The molecular formula is C18H23N3O. The van der Waals surface area contributed by atoms with E-state index in [0.29, 0.717) is 0 Å². The van der Waals surface area contributed by atoms with Crippen molar-refractivity contribution in [3.63, 3.8) is 0 Å². The van der Waals surface area contributed by atoms with Crippen molar-refractivity contribution in [2.75, 3.05) is 26.3 Å². The summed E-state index contributed by atoms with van der Waals surface area (Å²) in [6.07, 6.45) is 4.12. The van der Waals surface area contributed by atoms with E-state index in [2.05, 4.69) is 53.3 Å². The van der Waals surface area contributed by atoms with E-state index < -0.39 is 0 Å². The van der Waals surface area contributed by atoms with Crippen LogP contribution in [0.2, 0.25) is 0 Å². The van der Waals surface area contributed by atoms with Gasteiger partial charge in [0.1, 0.15) is 0 Å². The number of ether oxygens (including phenoxy) is 1. The predicted molar refractivity (Wildman–Crippen MR) is 88.4 cm³/mol. The molecule has 22 heavy (non-hydrogen) atoms. The number of nitrogens with zero attached hydrogens (tertiary/aromatic N) is 3. The van der Waals surface area contributed by atoms with Gasteiger partial charge in [-0.25, -0.2) is 0 Å². The van der Waals surface area contributed by atoms with E-state index >= 15 is 0 Å². The number of hydrogen-bond acceptors (Lipinski definition) is 3. The molecule has 0 N–H and O–H groups in total. The lowest BCUT2D eigenvalue weighted by Gasteiger charge is -2.35. The Morgan fingerprint density at radius 2 is 2.14 bits per heavy atom. The molecule has 0 radical (unpaired) electrons. The van der Waals surface area contributed by atoms with Crippen molar-refractivity contribution in [2.24, 2.45) is 7.05 Å². The van der Waals surface area contributed by atoms with Gasteiger partial charge in [0.25, 0.3) is 0 Å². The Balaban J connectivity index is 1.74. The zero-order valence-electron chi connectivity index (χ0n) is 13.3. The first-order chi connectivity index (χ1) is 10.7. The van der Waals surface area contributed by atoms with Gasteiger partial charge in [0.05, 0.1) is 24.9 Å². The third-order valence-corrected chi connectivity index (χ3v) is 4.10. The van der Waals surface area contributed by atoms with Crippen LogP contribution in [0.5, 0.6) is 0 Å². The molecule has 0 aliphatic carbocycles. The lowest BCUT2D eigenvalue weighted by molar-refractivity contribution is -0.00654. The fourth-order valence-electron chi connectivity index (χ4n) is 3.01. The molecule has 0 amide bonds. The summed E-state index contributed by atoms with van der Waals surface area (Å²) in [6, 6.07) is 12.8. The molecule has 0 bridgehead atoms. The molecule has 1 aromatic carbocycles. The Morgan fingerprint density at radius 3 is 2.86 bits per heavy atom. The number of aryl methyl sites for hydroxylation is 1. The van der Waals surface area contributed by atoms with E-state index in [1.54, 1.807) is 0 Å². The Labute approximate surface area is 132 Å². The second kappa shape index (κ2) is 6.90. The maximum atomic E-state index is 5.69. The predicted octanol–water partition coefficient (Wildman–Crippen LogP) is 2.90. The van der Waals surface area contributed by atoms with Crippen molar-refractivity contribution in [3.8, 4) is 0 Å². The van der Waals surface area contributed by atoms with Crippen molar-refractivity contribution in [1.82, 2.24) is 14.7 Å². The normalized spacial score (nSPS) is 20.3. The minimum Gasteiger partial charge on any atom is -0.378 e. The number of hydrogen-bond donors (Lipinski definition) is 0. The van der Waals surface area contributed by atoms with Gasteiger partial charge in [-0.05, 0) is 18.6 Å². The molecule has 1 atom stereocenters. The van der Waals surface area contributed by atoms with Crippen LogP contribution in [0.15, 0.2) is 48.2 Å². The first-order valence-electron chi connectivity index (χ1n) is 7.76. The van der Waals surface area contributed by atoms with E-state index in [1.807, 2.05) is 24.0 Å². The Morgan fingerprint density at radius 1 is 1.32 bits per heavy atom. The average Bonchev–Trinajstić information content (AvgIpc) is 2.95. The van der Waals surface area contributed by atoms with Crippen LogP contribution in [0.25, 0.3) is 6.08 Å². The summed E-state index contributed by atoms with van der Waals surface area (Å²) in [5.74, 6) is 0. The Bertz CT molecular complexity index is 633. The molecule has 1 aliphatic heterocycles. The molecule has 1 aromatic heterocycles. The van der Waals surface area contributed by atoms with E-state index in [-0.39, 0.29) is 6.04 Å². The van der Waals surface area contributed by atoms with Gasteiger partial charge in [0.15, 0.2) is 0 Å². The maximum Gasteiger partial charge on any atom is 0.0758 e. The molecule has 4 nitrogen and oxygen atoms in total. The molecule has 116 valence electrons. The molecule has 1 aliphatic rings. The van der Waals surface area contributed by atoms with Crippen molar-refractivity contribution in [3.05, 3.63) is 59.4 Å². The van der Waals surface area contributed by atoms with E-state index in [9.17, 15) is 0 Å². The SMILES string of the molecule is C/C(=C\c1ccccc1)CN1CCOCC1c1ccnn1C. The maximum absolute atomic E-state index is 5.69. The van der Waals surface area contributed by atoms with E-state index in [0.717, 1.165) is 26.3 Å². The van der Waals surface area contributed by atoms with Crippen molar-refractivity contribution < 1.29 is 4.74 Å². The summed E-state index contributed by atoms with van der Waals surface area (Å²) in [6.45, 7) is 5.64. The summed E-state index contributed by atoms with van der Waals surface area (Å²) in [4.78, 5) is 2.48. The van der Waals surface area contributed by atoms with Crippen LogP contribution < -0.4 is 0 Å². The zero-order chi connectivity index (χ0) is 15.4. The highest BCUT2D eigenvalue weighted by atomic mass is 16.5. The van der Waals surface area contributed by atoms with E-state index in [1.165, 1.54) is 16.8 Å². The van der Waals surface area contributed by atoms with Gasteiger partial charge in [-0.3, -0.25) is 9.58 Å². The third kappa shape index (κ3) is 3.46. The van der Waals surface area contributed by atoms with Crippen LogP contribution in [-0.2, 0) is 11.8 Å². The number of morpholine rings is 1. The average molecular weight is 297 g/mol. The van der Waals surface area contributed by atoms with Gasteiger partial charge in [-0.15, -0.1) is 0 Å². The smallest absolute Gasteiger partial charge is 0.0758 e. The molecule has 0 spiro atoms. The summed E-state index contributed by atoms with van der Waals surface area (Å²) in [5.41, 5.74) is 3.83. The van der Waals surface area contributed by atoms with Gasteiger partial charge in [0.2, 0.25) is 0 Å². The van der Waals surface area contributed by atoms with Gasteiger partial charge >= 0.3 is 0 Å². The highest BCUT2D eigenvalue weighted by molar-refractivity contribution is 5.52. The highest BCUT2D eigenvalue weighted by Gasteiger charge is 2.26.